The lowest BCUT2D eigenvalue weighted by atomic mass is 10.0. The Morgan fingerprint density at radius 3 is 2.00 bits per heavy atom. The minimum Gasteiger partial charge on any atom is -0.399 e. The molecule has 0 aliphatic carbocycles. The van der Waals surface area contributed by atoms with Gasteiger partial charge in [-0.1, -0.05) is 27.7 Å². The van der Waals surface area contributed by atoms with Crippen molar-refractivity contribution in [2.24, 2.45) is 5.92 Å². The van der Waals surface area contributed by atoms with Gasteiger partial charge in [0.15, 0.2) is 0 Å². The molecule has 0 heterocycles. The quantitative estimate of drug-likeness (QED) is 0.785. The zero-order valence-corrected chi connectivity index (χ0v) is 13.0. The summed E-state index contributed by atoms with van der Waals surface area (Å²) in [6, 6.07) is 5.33. The number of nitrogens with two attached hydrogens (primary N) is 2. The van der Waals surface area contributed by atoms with Crippen molar-refractivity contribution in [1.82, 2.24) is 4.90 Å². The van der Waals surface area contributed by atoms with Gasteiger partial charge in [-0.3, -0.25) is 4.79 Å². The number of nitrogens with zero attached hydrogens (tertiary/aromatic N) is 1. The molecule has 4 nitrogen and oxygen atoms in total. The van der Waals surface area contributed by atoms with Gasteiger partial charge in [-0.15, -0.1) is 0 Å². The molecule has 112 valence electrons. The fourth-order valence-electron chi connectivity index (χ4n) is 2.49. The Balaban J connectivity index is 3.08. The van der Waals surface area contributed by atoms with Crippen molar-refractivity contribution >= 4 is 17.3 Å². The van der Waals surface area contributed by atoms with Crippen molar-refractivity contribution in [3.05, 3.63) is 23.8 Å². The number of hydrogen-bond acceptors (Lipinski definition) is 3. The average Bonchev–Trinajstić information content (AvgIpc) is 2.36. The largest absolute Gasteiger partial charge is 0.399 e. The lowest BCUT2D eigenvalue weighted by Crippen LogP contribution is -2.42. The molecule has 0 unspecified atom stereocenters. The molecule has 4 N–H and O–H groups in total. The second-order valence-corrected chi connectivity index (χ2v) is 5.71. The predicted octanol–water partition coefficient (Wildman–Crippen LogP) is 3.14. The zero-order valence-electron chi connectivity index (χ0n) is 13.0. The molecule has 0 saturated carbocycles. The number of benzene rings is 1. The summed E-state index contributed by atoms with van der Waals surface area (Å²) in [6.45, 7) is 9.22. The number of hydrogen-bond donors (Lipinski definition) is 2. The SMILES string of the molecule is CCC(CC)N(CC(C)C)C(=O)c1cc(N)cc(N)c1. The van der Waals surface area contributed by atoms with Crippen molar-refractivity contribution in [2.45, 2.75) is 46.6 Å². The van der Waals surface area contributed by atoms with Crippen molar-refractivity contribution in [3.63, 3.8) is 0 Å². The van der Waals surface area contributed by atoms with Crippen LogP contribution in [0.4, 0.5) is 11.4 Å². The molecule has 0 saturated heterocycles. The lowest BCUT2D eigenvalue weighted by Gasteiger charge is -2.32. The van der Waals surface area contributed by atoms with Crippen LogP contribution in [0.25, 0.3) is 0 Å². The van der Waals surface area contributed by atoms with Crippen LogP contribution >= 0.6 is 0 Å². The third-order valence-electron chi connectivity index (χ3n) is 3.43. The summed E-state index contributed by atoms with van der Waals surface area (Å²) < 4.78 is 0. The van der Waals surface area contributed by atoms with Gasteiger partial charge in [-0.2, -0.15) is 0 Å². The maximum Gasteiger partial charge on any atom is 0.254 e. The molecular formula is C16H27N3O. The molecule has 0 aromatic heterocycles. The zero-order chi connectivity index (χ0) is 15.3. The van der Waals surface area contributed by atoms with Gasteiger partial charge >= 0.3 is 0 Å². The number of anilines is 2. The maximum atomic E-state index is 12.8. The molecular weight excluding hydrogens is 250 g/mol. The van der Waals surface area contributed by atoms with Gasteiger partial charge < -0.3 is 16.4 Å². The van der Waals surface area contributed by atoms with E-state index in [1.54, 1.807) is 18.2 Å². The standard InChI is InChI=1S/C16H27N3O/c1-5-15(6-2)19(10-11(3)4)16(20)12-7-13(17)9-14(18)8-12/h7-9,11,15H,5-6,10,17-18H2,1-4H3. The Bertz CT molecular complexity index is 433. The van der Waals surface area contributed by atoms with Crippen LogP contribution in [0.5, 0.6) is 0 Å². The molecule has 0 atom stereocenters. The monoisotopic (exact) mass is 277 g/mol. The van der Waals surface area contributed by atoms with Crippen LogP contribution in [0.1, 0.15) is 50.9 Å². The highest BCUT2D eigenvalue weighted by molar-refractivity contribution is 5.96. The van der Waals surface area contributed by atoms with Crippen LogP contribution in [-0.2, 0) is 0 Å². The third-order valence-corrected chi connectivity index (χ3v) is 3.43. The molecule has 1 aromatic rings. The Morgan fingerprint density at radius 2 is 1.60 bits per heavy atom. The Labute approximate surface area is 122 Å². The van der Waals surface area contributed by atoms with Gasteiger partial charge in [0.1, 0.15) is 0 Å². The van der Waals surface area contributed by atoms with Crippen molar-refractivity contribution in [3.8, 4) is 0 Å². The molecule has 1 rings (SSSR count). The minimum absolute atomic E-state index is 0.0198. The fourth-order valence-corrected chi connectivity index (χ4v) is 2.49. The molecule has 0 radical (unpaired) electrons. The summed E-state index contributed by atoms with van der Waals surface area (Å²) in [7, 11) is 0. The molecule has 20 heavy (non-hydrogen) atoms. The van der Waals surface area contributed by atoms with Gasteiger partial charge in [-0.05, 0) is 37.0 Å². The summed E-state index contributed by atoms with van der Waals surface area (Å²) in [5.41, 5.74) is 13.2. The first-order valence-corrected chi connectivity index (χ1v) is 7.36. The second-order valence-electron chi connectivity index (χ2n) is 5.71. The molecule has 4 heteroatoms. The molecule has 1 amide bonds. The highest BCUT2D eigenvalue weighted by Gasteiger charge is 2.23. The van der Waals surface area contributed by atoms with Crippen LogP contribution in [0.2, 0.25) is 0 Å². The Kier molecular flexibility index (Phi) is 5.86. The van der Waals surface area contributed by atoms with Gasteiger partial charge in [0.2, 0.25) is 0 Å². The second kappa shape index (κ2) is 7.17. The summed E-state index contributed by atoms with van der Waals surface area (Å²) in [6.07, 6.45) is 1.90. The number of amides is 1. The van der Waals surface area contributed by atoms with Gasteiger partial charge in [0, 0.05) is 29.5 Å². The first kappa shape index (κ1) is 16.3. The average molecular weight is 277 g/mol. The van der Waals surface area contributed by atoms with Crippen molar-refractivity contribution in [2.75, 3.05) is 18.0 Å². The highest BCUT2D eigenvalue weighted by atomic mass is 16.2. The maximum absolute atomic E-state index is 12.8. The van der Waals surface area contributed by atoms with E-state index in [-0.39, 0.29) is 11.9 Å². The molecule has 0 spiro atoms. The summed E-state index contributed by atoms with van der Waals surface area (Å²) in [5, 5.41) is 0. The van der Waals surface area contributed by atoms with E-state index in [9.17, 15) is 4.79 Å². The van der Waals surface area contributed by atoms with Gasteiger partial charge in [0.05, 0.1) is 0 Å². The summed E-state index contributed by atoms with van der Waals surface area (Å²) in [5.74, 6) is 0.448. The van der Waals surface area contributed by atoms with Gasteiger partial charge in [0.25, 0.3) is 5.91 Å². The third kappa shape index (κ3) is 4.15. The molecule has 0 bridgehead atoms. The Hall–Kier alpha value is -1.71. The van der Waals surface area contributed by atoms with E-state index in [2.05, 4.69) is 27.7 Å². The fraction of sp³-hybridized carbons (Fsp3) is 0.562. The van der Waals surface area contributed by atoms with Crippen molar-refractivity contribution < 1.29 is 4.79 Å². The van der Waals surface area contributed by atoms with Crippen LogP contribution in [0.15, 0.2) is 18.2 Å². The van der Waals surface area contributed by atoms with E-state index in [0.717, 1.165) is 19.4 Å². The van der Waals surface area contributed by atoms with Gasteiger partial charge in [-0.25, -0.2) is 0 Å². The summed E-state index contributed by atoms with van der Waals surface area (Å²) >= 11 is 0. The van der Waals surface area contributed by atoms with E-state index in [0.29, 0.717) is 22.9 Å². The first-order chi connectivity index (χ1) is 9.38. The normalized spacial score (nSPS) is 11.1. The van der Waals surface area contributed by atoms with Crippen LogP contribution in [-0.4, -0.2) is 23.4 Å². The van der Waals surface area contributed by atoms with Crippen LogP contribution < -0.4 is 11.5 Å². The first-order valence-electron chi connectivity index (χ1n) is 7.36. The number of carbonyl (C=O) groups excluding carboxylic acids is 1. The lowest BCUT2D eigenvalue weighted by molar-refractivity contribution is 0.0640. The van der Waals surface area contributed by atoms with E-state index in [1.165, 1.54) is 0 Å². The highest BCUT2D eigenvalue weighted by Crippen LogP contribution is 2.19. The number of carbonyl (C=O) groups is 1. The molecule has 0 fully saturated rings. The van der Waals surface area contributed by atoms with E-state index in [1.807, 2.05) is 4.90 Å². The van der Waals surface area contributed by atoms with E-state index >= 15 is 0 Å². The minimum atomic E-state index is 0.0198. The van der Waals surface area contributed by atoms with E-state index < -0.39 is 0 Å². The van der Waals surface area contributed by atoms with Crippen LogP contribution in [0, 0.1) is 5.92 Å². The molecule has 1 aromatic carbocycles. The van der Waals surface area contributed by atoms with E-state index in [4.69, 9.17) is 11.5 Å². The van der Waals surface area contributed by atoms with Crippen LogP contribution in [0.3, 0.4) is 0 Å². The smallest absolute Gasteiger partial charge is 0.254 e. The predicted molar refractivity (Wildman–Crippen MR) is 85.5 cm³/mol. The Morgan fingerprint density at radius 1 is 1.10 bits per heavy atom. The molecule has 0 aliphatic rings. The topological polar surface area (TPSA) is 72.3 Å². The van der Waals surface area contributed by atoms with Crippen molar-refractivity contribution in [1.29, 1.82) is 0 Å². The molecule has 0 aliphatic heterocycles. The summed E-state index contributed by atoms with van der Waals surface area (Å²) in [4.78, 5) is 14.7. The number of nitrogen functional groups attached to an aromatic ring is 2. The number of rotatable bonds is 6.